The molecule has 2 amide bonds. The molecule has 1 aromatic heterocycles. The van der Waals surface area contributed by atoms with Crippen molar-refractivity contribution in [3.05, 3.63) is 58.9 Å². The predicted molar refractivity (Wildman–Crippen MR) is 98.2 cm³/mol. The molecule has 0 aliphatic carbocycles. The van der Waals surface area contributed by atoms with Crippen molar-refractivity contribution in [1.82, 2.24) is 4.98 Å². The lowest BCUT2D eigenvalue weighted by Gasteiger charge is -2.06. The van der Waals surface area contributed by atoms with E-state index in [4.69, 9.17) is 16.3 Å². The predicted octanol–water partition coefficient (Wildman–Crippen LogP) is 5.12. The zero-order chi connectivity index (χ0) is 16.9. The minimum absolute atomic E-state index is 0.390. The molecule has 0 fully saturated rings. The molecule has 5 nitrogen and oxygen atoms in total. The number of urea groups is 1. The van der Waals surface area contributed by atoms with Gasteiger partial charge >= 0.3 is 6.03 Å². The fourth-order valence-corrected chi connectivity index (χ4v) is 2.94. The number of benzene rings is 2. The number of para-hydroxylation sites is 1. The molecule has 2 aromatic carbocycles. The monoisotopic (exact) mass is 359 g/mol. The molecule has 0 aliphatic heterocycles. The highest BCUT2D eigenvalue weighted by Gasteiger charge is 2.09. The van der Waals surface area contributed by atoms with Gasteiger partial charge in [-0.1, -0.05) is 23.7 Å². The van der Waals surface area contributed by atoms with E-state index < -0.39 is 6.03 Å². The van der Waals surface area contributed by atoms with Gasteiger partial charge in [-0.05, 0) is 36.4 Å². The number of thiazole rings is 1. The third-order valence-corrected chi connectivity index (χ3v) is 4.32. The van der Waals surface area contributed by atoms with Crippen LogP contribution in [0.25, 0.3) is 11.3 Å². The molecule has 0 saturated heterocycles. The Morgan fingerprint density at radius 2 is 1.88 bits per heavy atom. The largest absolute Gasteiger partial charge is 0.497 e. The summed E-state index contributed by atoms with van der Waals surface area (Å²) < 4.78 is 5.14. The highest BCUT2D eigenvalue weighted by atomic mass is 35.5. The molecule has 3 rings (SSSR count). The van der Waals surface area contributed by atoms with Gasteiger partial charge in [0, 0.05) is 10.9 Å². The Hall–Kier alpha value is -2.57. The van der Waals surface area contributed by atoms with Crippen LogP contribution in [-0.4, -0.2) is 18.1 Å². The maximum absolute atomic E-state index is 12.0. The topological polar surface area (TPSA) is 63.2 Å². The van der Waals surface area contributed by atoms with E-state index in [0.29, 0.717) is 15.8 Å². The number of rotatable bonds is 4. The number of ether oxygens (including phenoxy) is 1. The van der Waals surface area contributed by atoms with Gasteiger partial charge in [-0.2, -0.15) is 0 Å². The first kappa shape index (κ1) is 16.3. The number of amides is 2. The fourth-order valence-electron chi connectivity index (χ4n) is 2.04. The van der Waals surface area contributed by atoms with Crippen LogP contribution in [0.4, 0.5) is 15.6 Å². The van der Waals surface area contributed by atoms with Crippen LogP contribution in [0.1, 0.15) is 0 Å². The van der Waals surface area contributed by atoms with E-state index in [-0.39, 0.29) is 0 Å². The first-order chi connectivity index (χ1) is 11.7. The highest BCUT2D eigenvalue weighted by molar-refractivity contribution is 7.14. The second-order valence-corrected chi connectivity index (χ2v) is 6.09. The molecule has 0 unspecified atom stereocenters. The fraction of sp³-hybridized carbons (Fsp3) is 0.0588. The number of nitrogens with one attached hydrogen (secondary N) is 2. The van der Waals surface area contributed by atoms with E-state index in [1.54, 1.807) is 31.4 Å². The van der Waals surface area contributed by atoms with Crippen molar-refractivity contribution in [2.45, 2.75) is 0 Å². The normalized spacial score (nSPS) is 10.2. The summed E-state index contributed by atoms with van der Waals surface area (Å²) >= 11 is 7.36. The van der Waals surface area contributed by atoms with Crippen molar-refractivity contribution in [3.63, 3.8) is 0 Å². The zero-order valence-electron chi connectivity index (χ0n) is 12.7. The maximum Gasteiger partial charge on any atom is 0.325 e. The smallest absolute Gasteiger partial charge is 0.325 e. The number of hydrogen-bond acceptors (Lipinski definition) is 4. The van der Waals surface area contributed by atoms with Gasteiger partial charge in [0.25, 0.3) is 0 Å². The van der Waals surface area contributed by atoms with Gasteiger partial charge in [0.05, 0.1) is 23.5 Å². The van der Waals surface area contributed by atoms with E-state index in [2.05, 4.69) is 15.6 Å². The molecule has 1 heterocycles. The van der Waals surface area contributed by atoms with Gasteiger partial charge in [0.1, 0.15) is 5.75 Å². The summed E-state index contributed by atoms with van der Waals surface area (Å²) in [5.74, 6) is 0.784. The minimum Gasteiger partial charge on any atom is -0.497 e. The standard InChI is InChI=1S/C17H14ClN3O2S/c1-23-12-8-6-11(7-9-12)15-10-24-17(20-15)21-16(22)19-14-5-3-2-4-13(14)18/h2-10H,1H3,(H2,19,20,21,22). The van der Waals surface area contributed by atoms with Crippen molar-refractivity contribution in [1.29, 1.82) is 0 Å². The lowest BCUT2D eigenvalue weighted by Crippen LogP contribution is -2.19. The average Bonchev–Trinajstić information content (AvgIpc) is 3.05. The number of hydrogen-bond donors (Lipinski definition) is 2. The van der Waals surface area contributed by atoms with Crippen LogP contribution in [0.5, 0.6) is 5.75 Å². The molecule has 0 atom stereocenters. The number of nitrogens with zero attached hydrogens (tertiary/aromatic N) is 1. The molecule has 0 aliphatic rings. The zero-order valence-corrected chi connectivity index (χ0v) is 14.3. The van der Waals surface area contributed by atoms with Gasteiger partial charge in [-0.3, -0.25) is 5.32 Å². The molecule has 24 heavy (non-hydrogen) atoms. The Balaban J connectivity index is 1.67. The maximum atomic E-state index is 12.0. The number of carbonyl (C=O) groups is 1. The van der Waals surface area contributed by atoms with E-state index >= 15 is 0 Å². The summed E-state index contributed by atoms with van der Waals surface area (Å²) in [6, 6.07) is 14.2. The van der Waals surface area contributed by atoms with Crippen molar-refractivity contribution < 1.29 is 9.53 Å². The van der Waals surface area contributed by atoms with Crippen molar-refractivity contribution in [3.8, 4) is 17.0 Å². The molecule has 0 saturated carbocycles. The summed E-state index contributed by atoms with van der Waals surface area (Å²) in [6.07, 6.45) is 0. The SMILES string of the molecule is COc1ccc(-c2csc(NC(=O)Nc3ccccc3Cl)n2)cc1. The molecule has 0 radical (unpaired) electrons. The molecule has 122 valence electrons. The lowest BCUT2D eigenvalue weighted by atomic mass is 10.2. The number of aromatic nitrogens is 1. The lowest BCUT2D eigenvalue weighted by molar-refractivity contribution is 0.262. The highest BCUT2D eigenvalue weighted by Crippen LogP contribution is 2.27. The number of methoxy groups -OCH3 is 1. The van der Waals surface area contributed by atoms with Gasteiger partial charge in [0.2, 0.25) is 0 Å². The minimum atomic E-state index is -0.390. The van der Waals surface area contributed by atoms with Crippen LogP contribution >= 0.6 is 22.9 Å². The Morgan fingerprint density at radius 3 is 2.58 bits per heavy atom. The molecule has 0 spiro atoms. The Labute approximate surface area is 148 Å². The summed E-state index contributed by atoms with van der Waals surface area (Å²) in [5.41, 5.74) is 2.28. The van der Waals surface area contributed by atoms with Crippen LogP contribution < -0.4 is 15.4 Å². The summed E-state index contributed by atoms with van der Waals surface area (Å²) in [5, 5.41) is 8.26. The van der Waals surface area contributed by atoms with E-state index in [0.717, 1.165) is 17.0 Å². The summed E-state index contributed by atoms with van der Waals surface area (Å²) in [4.78, 5) is 16.4. The third-order valence-electron chi connectivity index (χ3n) is 3.23. The van der Waals surface area contributed by atoms with Gasteiger partial charge < -0.3 is 10.1 Å². The Kier molecular flexibility index (Phi) is 4.98. The van der Waals surface area contributed by atoms with Gasteiger partial charge in [-0.25, -0.2) is 9.78 Å². The number of carbonyl (C=O) groups excluding carboxylic acids is 1. The van der Waals surface area contributed by atoms with Crippen molar-refractivity contribution in [2.75, 3.05) is 17.7 Å². The quantitative estimate of drug-likeness (QED) is 0.679. The Bertz CT molecular complexity index is 849. The molecule has 2 N–H and O–H groups in total. The van der Waals surface area contributed by atoms with Crippen LogP contribution in [0.15, 0.2) is 53.9 Å². The number of anilines is 2. The Morgan fingerprint density at radius 1 is 1.12 bits per heavy atom. The first-order valence-corrected chi connectivity index (χ1v) is 8.34. The van der Waals surface area contributed by atoms with Gasteiger partial charge in [-0.15, -0.1) is 11.3 Å². The van der Waals surface area contributed by atoms with Crippen LogP contribution in [0.2, 0.25) is 5.02 Å². The summed E-state index contributed by atoms with van der Waals surface area (Å²) in [7, 11) is 1.62. The molecule has 3 aromatic rings. The van der Waals surface area contributed by atoms with Gasteiger partial charge in [0.15, 0.2) is 5.13 Å². The van der Waals surface area contributed by atoms with E-state index in [1.807, 2.05) is 29.6 Å². The van der Waals surface area contributed by atoms with E-state index in [9.17, 15) is 4.79 Å². The molecular formula is C17H14ClN3O2S. The number of halogens is 1. The third kappa shape index (κ3) is 3.84. The van der Waals surface area contributed by atoms with Crippen molar-refractivity contribution in [2.24, 2.45) is 0 Å². The van der Waals surface area contributed by atoms with E-state index in [1.165, 1.54) is 11.3 Å². The van der Waals surface area contributed by atoms with Crippen LogP contribution in [0, 0.1) is 0 Å². The second-order valence-electron chi connectivity index (χ2n) is 4.83. The van der Waals surface area contributed by atoms with Crippen LogP contribution in [-0.2, 0) is 0 Å². The molecular weight excluding hydrogens is 346 g/mol. The van der Waals surface area contributed by atoms with Crippen molar-refractivity contribution >= 4 is 39.8 Å². The molecule has 7 heteroatoms. The van der Waals surface area contributed by atoms with Crippen LogP contribution in [0.3, 0.4) is 0 Å². The first-order valence-electron chi connectivity index (χ1n) is 7.08. The second kappa shape index (κ2) is 7.33. The average molecular weight is 360 g/mol. The summed E-state index contributed by atoms with van der Waals surface area (Å²) in [6.45, 7) is 0. The molecule has 0 bridgehead atoms.